The van der Waals surface area contributed by atoms with Crippen molar-refractivity contribution < 1.29 is 13.2 Å². The Balaban J connectivity index is 1.89. The molecule has 29 heavy (non-hydrogen) atoms. The largest absolute Gasteiger partial charge is 0.322 e. The highest BCUT2D eigenvalue weighted by molar-refractivity contribution is 7.92. The minimum atomic E-state index is -3.82. The lowest BCUT2D eigenvalue weighted by atomic mass is 10.2. The number of carbonyl (C=O) groups is 1. The monoisotopic (exact) mass is 428 g/mol. The summed E-state index contributed by atoms with van der Waals surface area (Å²) < 4.78 is 27.4. The number of sulfonamides is 1. The molecule has 7 heteroatoms. The number of rotatable bonds is 5. The Morgan fingerprint density at radius 2 is 1.66 bits per heavy atom. The highest BCUT2D eigenvalue weighted by atomic mass is 35.5. The Labute approximate surface area is 176 Å². The maximum atomic E-state index is 13.1. The van der Waals surface area contributed by atoms with E-state index < -0.39 is 15.9 Å². The molecule has 0 aliphatic heterocycles. The third kappa shape index (κ3) is 4.44. The zero-order valence-corrected chi connectivity index (χ0v) is 17.9. The lowest BCUT2D eigenvalue weighted by molar-refractivity contribution is 0.102. The number of halogens is 1. The number of benzene rings is 3. The second-order valence-electron chi connectivity index (χ2n) is 6.70. The predicted octanol–water partition coefficient (Wildman–Crippen LogP) is 5.03. The molecule has 0 unspecified atom stereocenters. The summed E-state index contributed by atoms with van der Waals surface area (Å²) in [4.78, 5) is 12.7. The van der Waals surface area contributed by atoms with Gasteiger partial charge in [-0.3, -0.25) is 9.10 Å². The molecule has 150 valence electrons. The van der Waals surface area contributed by atoms with E-state index in [9.17, 15) is 13.2 Å². The van der Waals surface area contributed by atoms with Crippen molar-refractivity contribution in [2.45, 2.75) is 18.7 Å². The fourth-order valence-electron chi connectivity index (χ4n) is 2.88. The average molecular weight is 429 g/mol. The van der Waals surface area contributed by atoms with Gasteiger partial charge in [-0.05, 0) is 61.4 Å². The standard InChI is InChI=1S/C22H21ClN2O3S/c1-15-11-12-18(14-20(15)23)24-22(26)17-8-6-9-19(13-17)29(27,28)25(3)21-10-5-4-7-16(21)2/h4-14H,1-3H3,(H,24,26). The molecule has 0 aliphatic carbocycles. The van der Waals surface area contributed by atoms with Crippen molar-refractivity contribution in [1.29, 1.82) is 0 Å². The normalized spacial score (nSPS) is 11.2. The van der Waals surface area contributed by atoms with Gasteiger partial charge in [0.25, 0.3) is 15.9 Å². The van der Waals surface area contributed by atoms with Crippen LogP contribution in [0.1, 0.15) is 21.5 Å². The highest BCUT2D eigenvalue weighted by Gasteiger charge is 2.23. The van der Waals surface area contributed by atoms with Crippen molar-refractivity contribution in [3.8, 4) is 0 Å². The summed E-state index contributed by atoms with van der Waals surface area (Å²) in [7, 11) is -2.32. The molecule has 3 aromatic carbocycles. The van der Waals surface area contributed by atoms with E-state index in [0.29, 0.717) is 16.4 Å². The number of anilines is 2. The second-order valence-corrected chi connectivity index (χ2v) is 9.08. The molecule has 0 saturated heterocycles. The van der Waals surface area contributed by atoms with E-state index in [2.05, 4.69) is 5.32 Å². The van der Waals surface area contributed by atoms with Gasteiger partial charge in [0.1, 0.15) is 0 Å². The number of carbonyl (C=O) groups excluding carboxylic acids is 1. The van der Waals surface area contributed by atoms with E-state index in [4.69, 9.17) is 11.6 Å². The predicted molar refractivity (Wildman–Crippen MR) is 117 cm³/mol. The Morgan fingerprint density at radius 3 is 2.34 bits per heavy atom. The van der Waals surface area contributed by atoms with Crippen LogP contribution in [0.4, 0.5) is 11.4 Å². The average Bonchev–Trinajstić information content (AvgIpc) is 2.70. The Kier molecular flexibility index (Phi) is 5.96. The zero-order chi connectivity index (χ0) is 21.2. The molecule has 3 rings (SSSR count). The van der Waals surface area contributed by atoms with Gasteiger partial charge in [0.15, 0.2) is 0 Å². The van der Waals surface area contributed by atoms with Crippen LogP contribution in [-0.4, -0.2) is 21.4 Å². The molecule has 1 amide bonds. The fourth-order valence-corrected chi connectivity index (χ4v) is 4.36. The molecule has 0 spiro atoms. The van der Waals surface area contributed by atoms with Crippen LogP contribution in [0.2, 0.25) is 5.02 Å². The van der Waals surface area contributed by atoms with Gasteiger partial charge in [0, 0.05) is 23.3 Å². The number of amides is 1. The number of hydrogen-bond acceptors (Lipinski definition) is 3. The lowest BCUT2D eigenvalue weighted by Crippen LogP contribution is -2.27. The van der Waals surface area contributed by atoms with Crippen molar-refractivity contribution in [2.24, 2.45) is 0 Å². The number of aryl methyl sites for hydroxylation is 2. The first-order valence-electron chi connectivity index (χ1n) is 8.92. The maximum absolute atomic E-state index is 13.1. The summed E-state index contributed by atoms with van der Waals surface area (Å²) in [5, 5.41) is 3.28. The van der Waals surface area contributed by atoms with Crippen LogP contribution < -0.4 is 9.62 Å². The molecule has 0 saturated carbocycles. The first-order valence-corrected chi connectivity index (χ1v) is 10.7. The number of nitrogens with one attached hydrogen (secondary N) is 1. The number of para-hydroxylation sites is 1. The van der Waals surface area contributed by atoms with Gasteiger partial charge >= 0.3 is 0 Å². The van der Waals surface area contributed by atoms with Crippen LogP contribution in [0, 0.1) is 13.8 Å². The van der Waals surface area contributed by atoms with Crippen LogP contribution in [0.3, 0.4) is 0 Å². The van der Waals surface area contributed by atoms with Crippen LogP contribution >= 0.6 is 11.6 Å². The molecule has 0 bridgehead atoms. The van der Waals surface area contributed by atoms with E-state index in [1.54, 1.807) is 42.5 Å². The molecule has 0 aliphatic rings. The van der Waals surface area contributed by atoms with Crippen molar-refractivity contribution in [3.05, 3.63) is 88.4 Å². The molecular formula is C22H21ClN2O3S. The topological polar surface area (TPSA) is 66.5 Å². The SMILES string of the molecule is Cc1ccc(NC(=O)c2cccc(S(=O)(=O)N(C)c3ccccc3C)c2)cc1Cl. The highest BCUT2D eigenvalue weighted by Crippen LogP contribution is 2.26. The summed E-state index contributed by atoms with van der Waals surface area (Å²) >= 11 is 6.10. The van der Waals surface area contributed by atoms with Gasteiger partial charge in [0.05, 0.1) is 10.6 Å². The van der Waals surface area contributed by atoms with Gasteiger partial charge in [-0.2, -0.15) is 0 Å². The van der Waals surface area contributed by atoms with Crippen molar-refractivity contribution in [2.75, 3.05) is 16.7 Å². The molecule has 1 N–H and O–H groups in total. The van der Waals surface area contributed by atoms with E-state index in [-0.39, 0.29) is 10.5 Å². The van der Waals surface area contributed by atoms with Crippen molar-refractivity contribution >= 4 is 38.9 Å². The Bertz CT molecular complexity index is 1180. The fraction of sp³-hybridized carbons (Fsp3) is 0.136. The minimum absolute atomic E-state index is 0.0397. The lowest BCUT2D eigenvalue weighted by Gasteiger charge is -2.21. The summed E-state index contributed by atoms with van der Waals surface area (Å²) in [6.45, 7) is 3.71. The molecule has 0 fully saturated rings. The zero-order valence-electron chi connectivity index (χ0n) is 16.3. The van der Waals surface area contributed by atoms with Crippen LogP contribution in [-0.2, 0) is 10.0 Å². The van der Waals surface area contributed by atoms with Crippen molar-refractivity contribution in [1.82, 2.24) is 0 Å². The van der Waals surface area contributed by atoms with Gasteiger partial charge in [0.2, 0.25) is 0 Å². The first kappa shape index (κ1) is 20.9. The quantitative estimate of drug-likeness (QED) is 0.619. The molecule has 0 atom stereocenters. The molecule has 0 radical (unpaired) electrons. The molecule has 0 heterocycles. The summed E-state index contributed by atoms with van der Waals surface area (Å²) in [6.07, 6.45) is 0. The molecular weight excluding hydrogens is 408 g/mol. The van der Waals surface area contributed by atoms with E-state index in [1.807, 2.05) is 26.0 Å². The van der Waals surface area contributed by atoms with E-state index >= 15 is 0 Å². The minimum Gasteiger partial charge on any atom is -0.322 e. The van der Waals surface area contributed by atoms with E-state index in [0.717, 1.165) is 11.1 Å². The molecule has 0 aromatic heterocycles. The van der Waals surface area contributed by atoms with Crippen molar-refractivity contribution in [3.63, 3.8) is 0 Å². The van der Waals surface area contributed by atoms with Gasteiger partial charge < -0.3 is 5.32 Å². The van der Waals surface area contributed by atoms with Gasteiger partial charge in [-0.1, -0.05) is 41.9 Å². The maximum Gasteiger partial charge on any atom is 0.264 e. The number of hydrogen-bond donors (Lipinski definition) is 1. The van der Waals surface area contributed by atoms with Crippen LogP contribution in [0.25, 0.3) is 0 Å². The molecule has 3 aromatic rings. The van der Waals surface area contributed by atoms with Crippen LogP contribution in [0.15, 0.2) is 71.6 Å². The third-order valence-electron chi connectivity index (χ3n) is 4.64. The molecule has 5 nitrogen and oxygen atoms in total. The van der Waals surface area contributed by atoms with Gasteiger partial charge in [-0.25, -0.2) is 8.42 Å². The smallest absolute Gasteiger partial charge is 0.264 e. The van der Waals surface area contributed by atoms with E-state index in [1.165, 1.54) is 23.5 Å². The Morgan fingerprint density at radius 1 is 0.931 bits per heavy atom. The first-order chi connectivity index (χ1) is 13.7. The summed E-state index contributed by atoms with van der Waals surface area (Å²) in [5.41, 5.74) is 3.09. The van der Waals surface area contributed by atoms with Gasteiger partial charge in [-0.15, -0.1) is 0 Å². The second kappa shape index (κ2) is 8.27. The van der Waals surface area contributed by atoms with Crippen LogP contribution in [0.5, 0.6) is 0 Å². The number of nitrogens with zero attached hydrogens (tertiary/aromatic N) is 1. The summed E-state index contributed by atoms with van der Waals surface area (Å²) in [5.74, 6) is -0.416. The Hall–Kier alpha value is -2.83. The third-order valence-corrected chi connectivity index (χ3v) is 6.81. The summed E-state index contributed by atoms with van der Waals surface area (Å²) in [6, 6.07) is 18.4.